The van der Waals surface area contributed by atoms with E-state index in [0.717, 1.165) is 36.1 Å². The van der Waals surface area contributed by atoms with Gasteiger partial charge in [0.1, 0.15) is 23.0 Å². The number of carbonyl (C=O) groups excluding carboxylic acids is 1. The van der Waals surface area contributed by atoms with Crippen molar-refractivity contribution in [3.05, 3.63) is 56.9 Å². The first-order valence-corrected chi connectivity index (χ1v) is 8.94. The molecule has 128 valence electrons. The number of thiophene rings is 1. The maximum absolute atomic E-state index is 12.4. The molecule has 0 atom stereocenters. The number of hydrogen-bond acceptors (Lipinski definition) is 6. The molecule has 0 radical (unpaired) electrons. The van der Waals surface area contributed by atoms with Crippen molar-refractivity contribution in [1.29, 1.82) is 0 Å². The number of furan rings is 1. The zero-order valence-corrected chi connectivity index (χ0v) is 14.2. The molecule has 0 amide bonds. The first kappa shape index (κ1) is 15.8. The lowest BCUT2D eigenvalue weighted by molar-refractivity contribution is -0.139. The van der Waals surface area contributed by atoms with Gasteiger partial charge in [-0.1, -0.05) is 0 Å². The van der Waals surface area contributed by atoms with Gasteiger partial charge in [-0.25, -0.2) is 9.78 Å². The molecule has 6 nitrogen and oxygen atoms in total. The summed E-state index contributed by atoms with van der Waals surface area (Å²) in [5.41, 5.74) is 0.992. The molecule has 0 saturated carbocycles. The van der Waals surface area contributed by atoms with Gasteiger partial charge in [-0.15, -0.1) is 11.3 Å². The Morgan fingerprint density at radius 1 is 1.40 bits per heavy atom. The number of esters is 1. The van der Waals surface area contributed by atoms with Gasteiger partial charge in [0.05, 0.1) is 11.6 Å². The van der Waals surface area contributed by atoms with Gasteiger partial charge in [-0.3, -0.25) is 4.79 Å². The van der Waals surface area contributed by atoms with Crippen molar-refractivity contribution < 1.29 is 13.9 Å². The molecule has 0 aliphatic heterocycles. The number of aromatic nitrogens is 2. The van der Waals surface area contributed by atoms with Gasteiger partial charge >= 0.3 is 5.97 Å². The van der Waals surface area contributed by atoms with Crippen molar-refractivity contribution in [2.75, 3.05) is 0 Å². The Bertz CT molecular complexity index is 998. The maximum Gasteiger partial charge on any atom is 0.331 e. The summed E-state index contributed by atoms with van der Waals surface area (Å²) in [4.78, 5) is 33.3. The van der Waals surface area contributed by atoms with Gasteiger partial charge < -0.3 is 14.1 Å². The quantitative estimate of drug-likeness (QED) is 0.573. The summed E-state index contributed by atoms with van der Waals surface area (Å²) >= 11 is 1.57. The lowest BCUT2D eigenvalue weighted by Gasteiger charge is -2.09. The molecule has 0 fully saturated rings. The van der Waals surface area contributed by atoms with Crippen molar-refractivity contribution in [2.45, 2.75) is 32.3 Å². The van der Waals surface area contributed by atoms with E-state index in [-0.39, 0.29) is 12.2 Å². The Hall–Kier alpha value is -2.67. The predicted molar refractivity (Wildman–Crippen MR) is 94.4 cm³/mol. The van der Waals surface area contributed by atoms with Crippen LogP contribution >= 0.6 is 11.3 Å². The maximum atomic E-state index is 12.4. The predicted octanol–water partition coefficient (Wildman–Crippen LogP) is 3.21. The standard InChI is InChI=1S/C18H16N2O4S/c21-15(8-7-11-4-3-9-23-11)24-10-14-19-17(22)16-12-5-1-2-6-13(12)25-18(16)20-14/h3-4,7-9H,1-2,5-6,10H2,(H,19,20,22). The molecule has 1 aliphatic carbocycles. The third-order valence-electron chi connectivity index (χ3n) is 4.15. The van der Waals surface area contributed by atoms with E-state index < -0.39 is 5.97 Å². The number of rotatable bonds is 4. The van der Waals surface area contributed by atoms with E-state index in [4.69, 9.17) is 9.15 Å². The Kier molecular flexibility index (Phi) is 4.23. The average Bonchev–Trinajstić information content (AvgIpc) is 3.25. The van der Waals surface area contributed by atoms with E-state index in [1.807, 2.05) is 0 Å². The minimum atomic E-state index is -0.524. The van der Waals surface area contributed by atoms with Crippen LogP contribution in [0.5, 0.6) is 0 Å². The fraction of sp³-hybridized carbons (Fsp3) is 0.278. The molecule has 0 saturated heterocycles. The van der Waals surface area contributed by atoms with E-state index in [2.05, 4.69) is 9.97 Å². The Morgan fingerprint density at radius 3 is 3.12 bits per heavy atom. The zero-order chi connectivity index (χ0) is 17.2. The lowest BCUT2D eigenvalue weighted by Crippen LogP contribution is -2.14. The third-order valence-corrected chi connectivity index (χ3v) is 5.34. The summed E-state index contributed by atoms with van der Waals surface area (Å²) in [6.07, 6.45) is 8.54. The van der Waals surface area contributed by atoms with Gasteiger partial charge in [-0.05, 0) is 49.5 Å². The van der Waals surface area contributed by atoms with E-state index in [1.54, 1.807) is 23.5 Å². The fourth-order valence-electron chi connectivity index (χ4n) is 3.00. The Balaban J connectivity index is 1.50. The van der Waals surface area contributed by atoms with Crippen LogP contribution in [0.3, 0.4) is 0 Å². The summed E-state index contributed by atoms with van der Waals surface area (Å²) in [5, 5.41) is 0.701. The number of ether oxygens (including phenoxy) is 1. The molecule has 1 aliphatic rings. The number of hydrogen-bond donors (Lipinski definition) is 1. The highest BCUT2D eigenvalue weighted by molar-refractivity contribution is 7.18. The number of fused-ring (bicyclic) bond motifs is 3. The lowest BCUT2D eigenvalue weighted by atomic mass is 9.97. The van der Waals surface area contributed by atoms with Crippen LogP contribution < -0.4 is 5.56 Å². The van der Waals surface area contributed by atoms with Crippen molar-refractivity contribution in [2.24, 2.45) is 0 Å². The summed E-state index contributed by atoms with van der Waals surface area (Å²) in [7, 11) is 0. The minimum Gasteiger partial charge on any atom is -0.465 e. The SMILES string of the molecule is O=C(C=Cc1ccco1)OCc1nc2sc3c(c2c(=O)[nH]1)CCCC3. The molecule has 7 heteroatoms. The van der Waals surface area contributed by atoms with Crippen LogP contribution in [0.15, 0.2) is 33.7 Å². The van der Waals surface area contributed by atoms with Gasteiger partial charge in [0, 0.05) is 11.0 Å². The molecule has 4 rings (SSSR count). The molecule has 3 heterocycles. The van der Waals surface area contributed by atoms with Gasteiger partial charge in [-0.2, -0.15) is 0 Å². The van der Waals surface area contributed by atoms with Crippen LogP contribution in [0.25, 0.3) is 16.3 Å². The summed E-state index contributed by atoms with van der Waals surface area (Å²) in [6.45, 7) is -0.0743. The second-order valence-corrected chi connectivity index (χ2v) is 6.94. The monoisotopic (exact) mass is 356 g/mol. The molecule has 0 aromatic carbocycles. The average molecular weight is 356 g/mol. The van der Waals surface area contributed by atoms with Crippen molar-refractivity contribution >= 4 is 33.6 Å². The molecule has 25 heavy (non-hydrogen) atoms. The van der Waals surface area contributed by atoms with Crippen LogP contribution in [0.2, 0.25) is 0 Å². The first-order valence-electron chi connectivity index (χ1n) is 8.12. The van der Waals surface area contributed by atoms with E-state index in [9.17, 15) is 9.59 Å². The second kappa shape index (κ2) is 6.68. The fourth-order valence-corrected chi connectivity index (χ4v) is 4.28. The molecule has 1 N–H and O–H groups in total. The van der Waals surface area contributed by atoms with Crippen molar-refractivity contribution in [3.63, 3.8) is 0 Å². The molecular formula is C18H16N2O4S. The second-order valence-electron chi connectivity index (χ2n) is 5.86. The van der Waals surface area contributed by atoms with E-state index >= 15 is 0 Å². The topological polar surface area (TPSA) is 85.2 Å². The van der Waals surface area contributed by atoms with Gasteiger partial charge in [0.2, 0.25) is 0 Å². The summed E-state index contributed by atoms with van der Waals surface area (Å²) in [5.74, 6) is 0.398. The van der Waals surface area contributed by atoms with Crippen LogP contribution in [0, 0.1) is 0 Å². The van der Waals surface area contributed by atoms with Crippen LogP contribution in [0.4, 0.5) is 0 Å². The van der Waals surface area contributed by atoms with E-state index in [0.29, 0.717) is 17.0 Å². The van der Waals surface area contributed by atoms with Crippen LogP contribution in [-0.2, 0) is 29.0 Å². The normalized spacial score (nSPS) is 14.1. The third kappa shape index (κ3) is 3.28. The van der Waals surface area contributed by atoms with E-state index in [1.165, 1.54) is 23.3 Å². The van der Waals surface area contributed by atoms with Crippen LogP contribution in [0.1, 0.15) is 34.9 Å². The number of nitrogens with zero attached hydrogens (tertiary/aromatic N) is 1. The molecule has 0 spiro atoms. The number of nitrogens with one attached hydrogen (secondary N) is 1. The van der Waals surface area contributed by atoms with Gasteiger partial charge in [0.25, 0.3) is 5.56 Å². The zero-order valence-electron chi connectivity index (χ0n) is 13.4. The highest BCUT2D eigenvalue weighted by atomic mass is 32.1. The highest BCUT2D eigenvalue weighted by Crippen LogP contribution is 2.33. The molecule has 0 unspecified atom stereocenters. The number of aromatic amines is 1. The summed E-state index contributed by atoms with van der Waals surface area (Å²) < 4.78 is 10.2. The smallest absolute Gasteiger partial charge is 0.331 e. The largest absolute Gasteiger partial charge is 0.465 e. The Labute approximate surface area is 147 Å². The molecule has 3 aromatic heterocycles. The number of H-pyrrole nitrogens is 1. The Morgan fingerprint density at radius 2 is 2.28 bits per heavy atom. The molecular weight excluding hydrogens is 340 g/mol. The summed E-state index contributed by atoms with van der Waals surface area (Å²) in [6, 6.07) is 3.46. The van der Waals surface area contributed by atoms with Crippen molar-refractivity contribution in [1.82, 2.24) is 9.97 Å². The molecule has 3 aromatic rings. The van der Waals surface area contributed by atoms with Gasteiger partial charge in [0.15, 0.2) is 0 Å². The number of aryl methyl sites for hydroxylation is 2. The van der Waals surface area contributed by atoms with Crippen molar-refractivity contribution in [3.8, 4) is 0 Å². The number of carbonyl (C=O) groups is 1. The molecule has 0 bridgehead atoms. The highest BCUT2D eigenvalue weighted by Gasteiger charge is 2.19. The first-order chi connectivity index (χ1) is 12.2. The van der Waals surface area contributed by atoms with Crippen LogP contribution in [-0.4, -0.2) is 15.9 Å². The minimum absolute atomic E-state index is 0.0743.